The summed E-state index contributed by atoms with van der Waals surface area (Å²) in [5, 5.41) is 14.4. The molecule has 0 aliphatic carbocycles. The third-order valence-electron chi connectivity index (χ3n) is 4.54. The van der Waals surface area contributed by atoms with Gasteiger partial charge in [0.1, 0.15) is 11.6 Å². The van der Waals surface area contributed by atoms with Crippen LogP contribution < -0.4 is 10.6 Å². The Morgan fingerprint density at radius 2 is 1.77 bits per heavy atom. The van der Waals surface area contributed by atoms with E-state index < -0.39 is 0 Å². The first-order valence-electron chi connectivity index (χ1n) is 9.83. The Bertz CT molecular complexity index is 1080. The number of nitrogens with one attached hydrogen (secondary N) is 2. The van der Waals surface area contributed by atoms with E-state index in [4.69, 9.17) is 0 Å². The van der Waals surface area contributed by atoms with E-state index >= 15 is 0 Å². The number of carbonyl (C=O) groups is 2. The van der Waals surface area contributed by atoms with Crippen LogP contribution in [0.2, 0.25) is 0 Å². The molecular formula is C22H24FN5O2S. The van der Waals surface area contributed by atoms with Crippen LogP contribution in [0.3, 0.4) is 0 Å². The van der Waals surface area contributed by atoms with Crippen molar-refractivity contribution in [1.29, 1.82) is 0 Å². The van der Waals surface area contributed by atoms with Crippen LogP contribution in [0.25, 0.3) is 0 Å². The standard InChI is InChI=1S/C22H24FN5O2S/c1-4-28-19(12-20(29)25-18-10-5-14(2)11-15(18)3)26-27-22(28)31-13-21(30)24-17-8-6-16(23)7-9-17/h5-11H,4,12-13H2,1-3H3,(H,24,30)(H,25,29). The topological polar surface area (TPSA) is 88.9 Å². The first kappa shape index (κ1) is 22.5. The molecule has 0 spiro atoms. The number of amides is 2. The van der Waals surface area contributed by atoms with Crippen LogP contribution in [0.15, 0.2) is 47.6 Å². The summed E-state index contributed by atoms with van der Waals surface area (Å²) in [6, 6.07) is 11.4. The molecule has 2 aromatic carbocycles. The second kappa shape index (κ2) is 10.2. The summed E-state index contributed by atoms with van der Waals surface area (Å²) in [6.07, 6.45) is 0.0799. The highest BCUT2D eigenvalue weighted by Crippen LogP contribution is 2.20. The van der Waals surface area contributed by atoms with E-state index in [1.54, 1.807) is 0 Å². The predicted octanol–water partition coefficient (Wildman–Crippen LogP) is 3.97. The van der Waals surface area contributed by atoms with Crippen LogP contribution in [0.5, 0.6) is 0 Å². The quantitative estimate of drug-likeness (QED) is 0.517. The minimum absolute atomic E-state index is 0.0799. The maximum absolute atomic E-state index is 13.0. The van der Waals surface area contributed by atoms with Gasteiger partial charge in [0.25, 0.3) is 0 Å². The van der Waals surface area contributed by atoms with Crippen LogP contribution >= 0.6 is 11.8 Å². The van der Waals surface area contributed by atoms with E-state index in [0.717, 1.165) is 16.8 Å². The Morgan fingerprint density at radius 3 is 2.45 bits per heavy atom. The molecule has 0 aliphatic heterocycles. The van der Waals surface area contributed by atoms with Crippen molar-refractivity contribution in [2.75, 3.05) is 16.4 Å². The molecule has 2 amide bonds. The fourth-order valence-electron chi connectivity index (χ4n) is 3.03. The van der Waals surface area contributed by atoms with Gasteiger partial charge in [-0.15, -0.1) is 10.2 Å². The lowest BCUT2D eigenvalue weighted by molar-refractivity contribution is -0.116. The van der Waals surface area contributed by atoms with Gasteiger partial charge in [-0.3, -0.25) is 9.59 Å². The van der Waals surface area contributed by atoms with Crippen LogP contribution in [-0.4, -0.2) is 32.3 Å². The van der Waals surface area contributed by atoms with Gasteiger partial charge in [0.15, 0.2) is 5.16 Å². The van der Waals surface area contributed by atoms with Gasteiger partial charge in [-0.25, -0.2) is 4.39 Å². The molecule has 31 heavy (non-hydrogen) atoms. The molecule has 0 atom stereocenters. The van der Waals surface area contributed by atoms with Gasteiger partial charge in [0, 0.05) is 17.9 Å². The smallest absolute Gasteiger partial charge is 0.234 e. The Kier molecular flexibility index (Phi) is 7.41. The Morgan fingerprint density at radius 1 is 1.03 bits per heavy atom. The molecule has 0 aliphatic rings. The molecule has 0 bridgehead atoms. The summed E-state index contributed by atoms with van der Waals surface area (Å²) in [7, 11) is 0. The number of thioether (sulfide) groups is 1. The molecular weight excluding hydrogens is 417 g/mol. The number of anilines is 2. The summed E-state index contributed by atoms with van der Waals surface area (Å²) in [6.45, 7) is 6.45. The average Bonchev–Trinajstić information content (AvgIpc) is 3.11. The summed E-state index contributed by atoms with van der Waals surface area (Å²) in [5.41, 5.74) is 3.41. The largest absolute Gasteiger partial charge is 0.325 e. The summed E-state index contributed by atoms with van der Waals surface area (Å²) < 4.78 is 14.8. The van der Waals surface area contributed by atoms with Gasteiger partial charge < -0.3 is 15.2 Å². The lowest BCUT2D eigenvalue weighted by Crippen LogP contribution is -2.18. The highest BCUT2D eigenvalue weighted by atomic mass is 32.2. The fourth-order valence-corrected chi connectivity index (χ4v) is 3.85. The first-order valence-corrected chi connectivity index (χ1v) is 10.8. The van der Waals surface area contributed by atoms with Gasteiger partial charge >= 0.3 is 0 Å². The molecule has 1 aromatic heterocycles. The summed E-state index contributed by atoms with van der Waals surface area (Å²) in [4.78, 5) is 24.7. The monoisotopic (exact) mass is 441 g/mol. The zero-order chi connectivity index (χ0) is 22.4. The van der Waals surface area contributed by atoms with E-state index in [9.17, 15) is 14.0 Å². The second-order valence-electron chi connectivity index (χ2n) is 7.03. The molecule has 0 saturated heterocycles. The highest BCUT2D eigenvalue weighted by molar-refractivity contribution is 7.99. The van der Waals surface area contributed by atoms with Crippen molar-refractivity contribution in [2.24, 2.45) is 0 Å². The van der Waals surface area contributed by atoms with Gasteiger partial charge in [-0.1, -0.05) is 29.5 Å². The van der Waals surface area contributed by atoms with Crippen molar-refractivity contribution in [3.63, 3.8) is 0 Å². The third-order valence-corrected chi connectivity index (χ3v) is 5.51. The maximum atomic E-state index is 13.0. The van der Waals surface area contributed by atoms with Gasteiger partial charge in [-0.05, 0) is 56.7 Å². The van der Waals surface area contributed by atoms with Crippen molar-refractivity contribution in [3.05, 3.63) is 65.2 Å². The number of aromatic nitrogens is 3. The fraction of sp³-hybridized carbons (Fsp3) is 0.273. The Hall–Kier alpha value is -3.20. The molecule has 1 heterocycles. The molecule has 0 fully saturated rings. The van der Waals surface area contributed by atoms with Crippen molar-refractivity contribution in [2.45, 2.75) is 38.9 Å². The zero-order valence-corrected chi connectivity index (χ0v) is 18.4. The number of benzene rings is 2. The van der Waals surface area contributed by atoms with E-state index in [-0.39, 0.29) is 29.8 Å². The number of halogens is 1. The molecule has 3 aromatic rings. The summed E-state index contributed by atoms with van der Waals surface area (Å²) in [5.74, 6) is -0.135. The molecule has 162 valence electrons. The Labute approximate surface area is 184 Å². The van der Waals surface area contributed by atoms with Gasteiger partial charge in [0.2, 0.25) is 11.8 Å². The van der Waals surface area contributed by atoms with Crippen LogP contribution in [0, 0.1) is 19.7 Å². The van der Waals surface area contributed by atoms with Crippen LogP contribution in [0.1, 0.15) is 23.9 Å². The van der Waals surface area contributed by atoms with E-state index in [1.807, 2.05) is 43.5 Å². The minimum atomic E-state index is -0.363. The number of carbonyl (C=O) groups excluding carboxylic acids is 2. The number of aryl methyl sites for hydroxylation is 2. The van der Waals surface area contributed by atoms with Crippen LogP contribution in [0.4, 0.5) is 15.8 Å². The van der Waals surface area contributed by atoms with Crippen molar-refractivity contribution in [1.82, 2.24) is 14.8 Å². The maximum Gasteiger partial charge on any atom is 0.234 e. The van der Waals surface area contributed by atoms with Gasteiger partial charge in [0.05, 0.1) is 12.2 Å². The third kappa shape index (κ3) is 6.14. The number of rotatable bonds is 8. The van der Waals surface area contributed by atoms with E-state index in [1.165, 1.54) is 36.0 Å². The molecule has 0 saturated carbocycles. The highest BCUT2D eigenvalue weighted by Gasteiger charge is 2.16. The number of hydrogen-bond acceptors (Lipinski definition) is 5. The Balaban J connectivity index is 1.58. The summed E-state index contributed by atoms with van der Waals surface area (Å²) >= 11 is 1.23. The predicted molar refractivity (Wildman–Crippen MR) is 120 cm³/mol. The van der Waals surface area contributed by atoms with E-state index in [2.05, 4.69) is 20.8 Å². The van der Waals surface area contributed by atoms with Crippen molar-refractivity contribution < 1.29 is 14.0 Å². The average molecular weight is 442 g/mol. The molecule has 3 rings (SSSR count). The molecule has 0 radical (unpaired) electrons. The van der Waals surface area contributed by atoms with Crippen molar-refractivity contribution >= 4 is 35.0 Å². The molecule has 9 heteroatoms. The zero-order valence-electron chi connectivity index (χ0n) is 17.6. The molecule has 0 unspecified atom stereocenters. The molecule has 2 N–H and O–H groups in total. The van der Waals surface area contributed by atoms with Crippen LogP contribution in [-0.2, 0) is 22.6 Å². The second-order valence-corrected chi connectivity index (χ2v) is 7.97. The lowest BCUT2D eigenvalue weighted by atomic mass is 10.1. The number of hydrogen-bond donors (Lipinski definition) is 2. The van der Waals surface area contributed by atoms with Crippen molar-refractivity contribution in [3.8, 4) is 0 Å². The van der Waals surface area contributed by atoms with E-state index in [0.29, 0.717) is 23.2 Å². The normalized spacial score (nSPS) is 10.7. The first-order chi connectivity index (χ1) is 14.9. The molecule has 7 nitrogen and oxygen atoms in total. The lowest BCUT2D eigenvalue weighted by Gasteiger charge is -2.10. The number of nitrogens with zero attached hydrogens (tertiary/aromatic N) is 3. The SMILES string of the molecule is CCn1c(CC(=O)Nc2ccc(C)cc2C)nnc1SCC(=O)Nc1ccc(F)cc1. The van der Waals surface area contributed by atoms with Gasteiger partial charge in [-0.2, -0.15) is 0 Å². The minimum Gasteiger partial charge on any atom is -0.325 e.